The number of carbonyl (C=O) groups is 1. The van der Waals surface area contributed by atoms with Crippen molar-refractivity contribution in [2.75, 3.05) is 6.54 Å². The molecular weight excluding hydrogens is 290 g/mol. The molecule has 6 nitrogen and oxygen atoms in total. The van der Waals surface area contributed by atoms with E-state index in [4.69, 9.17) is 4.52 Å². The van der Waals surface area contributed by atoms with E-state index in [1.807, 2.05) is 29.3 Å². The van der Waals surface area contributed by atoms with Gasteiger partial charge in [0.05, 0.1) is 4.88 Å². The van der Waals surface area contributed by atoms with E-state index in [2.05, 4.69) is 5.16 Å². The minimum absolute atomic E-state index is 0.0140. The fraction of sp³-hybridized carbons (Fsp3) is 0.500. The number of amides is 1. The Hall–Kier alpha value is -1.89. The zero-order valence-electron chi connectivity index (χ0n) is 11.8. The molecule has 1 aliphatic heterocycles. The van der Waals surface area contributed by atoms with Crippen LogP contribution in [0.5, 0.6) is 0 Å². The van der Waals surface area contributed by atoms with E-state index in [0.29, 0.717) is 5.82 Å². The maximum Gasteiger partial charge on any atom is 0.442 e. The molecule has 112 valence electrons. The molecule has 2 aromatic heterocycles. The van der Waals surface area contributed by atoms with Crippen molar-refractivity contribution in [3.8, 4) is 10.7 Å². The van der Waals surface area contributed by atoms with Gasteiger partial charge in [0.25, 0.3) is 0 Å². The Bertz CT molecular complexity index is 674. The molecule has 1 unspecified atom stereocenters. The Labute approximate surface area is 126 Å². The van der Waals surface area contributed by atoms with Crippen molar-refractivity contribution in [1.29, 1.82) is 0 Å². The highest BCUT2D eigenvalue weighted by Crippen LogP contribution is 2.22. The average molecular weight is 307 g/mol. The van der Waals surface area contributed by atoms with Gasteiger partial charge in [-0.1, -0.05) is 11.2 Å². The molecular formula is C14H17N3O3S. The Kier molecular flexibility index (Phi) is 3.92. The minimum atomic E-state index is -0.587. The Morgan fingerprint density at radius 3 is 3.10 bits per heavy atom. The second kappa shape index (κ2) is 5.85. The molecule has 3 heterocycles. The zero-order chi connectivity index (χ0) is 14.8. The van der Waals surface area contributed by atoms with E-state index in [9.17, 15) is 9.59 Å². The monoisotopic (exact) mass is 307 g/mol. The first-order valence-electron chi connectivity index (χ1n) is 7.06. The van der Waals surface area contributed by atoms with Crippen LogP contribution in [-0.4, -0.2) is 33.1 Å². The van der Waals surface area contributed by atoms with Gasteiger partial charge in [-0.25, -0.2) is 9.36 Å². The normalized spacial score (nSPS) is 18.9. The van der Waals surface area contributed by atoms with Crippen LogP contribution in [0.1, 0.15) is 26.2 Å². The lowest BCUT2D eigenvalue weighted by Gasteiger charge is -2.33. The van der Waals surface area contributed by atoms with Crippen molar-refractivity contribution < 1.29 is 9.32 Å². The van der Waals surface area contributed by atoms with Crippen molar-refractivity contribution in [2.24, 2.45) is 0 Å². The first kappa shape index (κ1) is 14.1. The highest BCUT2D eigenvalue weighted by molar-refractivity contribution is 7.13. The van der Waals surface area contributed by atoms with E-state index < -0.39 is 5.76 Å². The van der Waals surface area contributed by atoms with E-state index in [-0.39, 0.29) is 18.5 Å². The molecule has 1 saturated heterocycles. The van der Waals surface area contributed by atoms with Gasteiger partial charge in [0.2, 0.25) is 5.91 Å². The van der Waals surface area contributed by atoms with Crippen molar-refractivity contribution in [3.05, 3.63) is 28.1 Å². The average Bonchev–Trinajstić information content (AvgIpc) is 3.10. The summed E-state index contributed by atoms with van der Waals surface area (Å²) >= 11 is 1.46. The highest BCUT2D eigenvalue weighted by Gasteiger charge is 2.25. The van der Waals surface area contributed by atoms with Crippen LogP contribution in [0.3, 0.4) is 0 Å². The van der Waals surface area contributed by atoms with Gasteiger partial charge in [-0.05, 0) is 37.6 Å². The number of likely N-dealkylation sites (tertiary alicyclic amines) is 1. The maximum absolute atomic E-state index is 12.5. The van der Waals surface area contributed by atoms with Crippen molar-refractivity contribution in [1.82, 2.24) is 14.6 Å². The molecule has 21 heavy (non-hydrogen) atoms. The third kappa shape index (κ3) is 2.78. The lowest BCUT2D eigenvalue weighted by atomic mass is 10.0. The first-order chi connectivity index (χ1) is 10.2. The van der Waals surface area contributed by atoms with E-state index in [1.165, 1.54) is 15.9 Å². The molecule has 0 aromatic carbocycles. The van der Waals surface area contributed by atoms with Crippen LogP contribution in [0.2, 0.25) is 0 Å². The standard InChI is InChI=1S/C14H17N3O3S/c1-10-5-2-3-7-16(10)12(18)9-17-13(15-20-14(17)19)11-6-4-8-21-11/h4,6,8,10H,2-3,5,7,9H2,1H3. The molecule has 7 heteroatoms. The molecule has 0 saturated carbocycles. The summed E-state index contributed by atoms with van der Waals surface area (Å²) in [4.78, 5) is 26.9. The van der Waals surface area contributed by atoms with Crippen LogP contribution in [-0.2, 0) is 11.3 Å². The van der Waals surface area contributed by atoms with Crippen LogP contribution >= 0.6 is 11.3 Å². The minimum Gasteiger partial charge on any atom is -0.338 e. The van der Waals surface area contributed by atoms with Gasteiger partial charge in [-0.2, -0.15) is 0 Å². The van der Waals surface area contributed by atoms with Gasteiger partial charge in [0, 0.05) is 12.6 Å². The smallest absolute Gasteiger partial charge is 0.338 e. The largest absolute Gasteiger partial charge is 0.442 e. The number of rotatable bonds is 3. The topological polar surface area (TPSA) is 68.3 Å². The molecule has 0 aliphatic carbocycles. The van der Waals surface area contributed by atoms with E-state index in [0.717, 1.165) is 30.7 Å². The van der Waals surface area contributed by atoms with Crippen molar-refractivity contribution >= 4 is 17.2 Å². The number of hydrogen-bond acceptors (Lipinski definition) is 5. The molecule has 0 N–H and O–H groups in total. The second-order valence-electron chi connectivity index (χ2n) is 5.27. The van der Waals surface area contributed by atoms with Crippen LogP contribution in [0, 0.1) is 0 Å². The highest BCUT2D eigenvalue weighted by atomic mass is 32.1. The number of carbonyl (C=O) groups excluding carboxylic acids is 1. The third-order valence-electron chi connectivity index (χ3n) is 3.84. The lowest BCUT2D eigenvalue weighted by Crippen LogP contribution is -2.44. The van der Waals surface area contributed by atoms with Crippen molar-refractivity contribution in [3.63, 3.8) is 0 Å². The summed E-state index contributed by atoms with van der Waals surface area (Å²) in [5.74, 6) is -0.213. The lowest BCUT2D eigenvalue weighted by molar-refractivity contribution is -0.135. The molecule has 1 aliphatic rings. The number of hydrogen-bond donors (Lipinski definition) is 0. The maximum atomic E-state index is 12.5. The predicted octanol–water partition coefficient (Wildman–Crippen LogP) is 1.97. The van der Waals surface area contributed by atoms with Crippen LogP contribution in [0.25, 0.3) is 10.7 Å². The molecule has 1 fully saturated rings. The fourth-order valence-corrected chi connectivity index (χ4v) is 3.40. The molecule has 0 radical (unpaired) electrons. The van der Waals surface area contributed by atoms with Gasteiger partial charge < -0.3 is 4.90 Å². The molecule has 3 rings (SSSR count). The van der Waals surface area contributed by atoms with E-state index in [1.54, 1.807) is 0 Å². The van der Waals surface area contributed by atoms with Gasteiger partial charge in [-0.15, -0.1) is 11.3 Å². The molecule has 0 spiro atoms. The number of aromatic nitrogens is 2. The zero-order valence-corrected chi connectivity index (χ0v) is 12.6. The van der Waals surface area contributed by atoms with Crippen LogP contribution in [0.4, 0.5) is 0 Å². The van der Waals surface area contributed by atoms with Gasteiger partial charge >= 0.3 is 5.76 Å². The van der Waals surface area contributed by atoms with Gasteiger partial charge in [0.15, 0.2) is 5.82 Å². The molecule has 1 amide bonds. The SMILES string of the molecule is CC1CCCCN1C(=O)Cn1c(-c2cccs2)noc1=O. The number of thiophene rings is 1. The summed E-state index contributed by atoms with van der Waals surface area (Å²) in [6, 6.07) is 3.96. The summed E-state index contributed by atoms with van der Waals surface area (Å²) in [5, 5.41) is 5.69. The third-order valence-corrected chi connectivity index (χ3v) is 4.71. The van der Waals surface area contributed by atoms with Crippen molar-refractivity contribution in [2.45, 2.75) is 38.8 Å². The second-order valence-corrected chi connectivity index (χ2v) is 6.22. The number of nitrogens with zero attached hydrogens (tertiary/aromatic N) is 3. The summed E-state index contributed by atoms with van der Waals surface area (Å²) in [6.45, 7) is 2.79. The van der Waals surface area contributed by atoms with E-state index >= 15 is 0 Å². The quantitative estimate of drug-likeness (QED) is 0.869. The van der Waals surface area contributed by atoms with Crippen LogP contribution < -0.4 is 5.76 Å². The Morgan fingerprint density at radius 1 is 1.52 bits per heavy atom. The Morgan fingerprint density at radius 2 is 2.38 bits per heavy atom. The fourth-order valence-electron chi connectivity index (χ4n) is 2.69. The number of piperidine rings is 1. The first-order valence-corrected chi connectivity index (χ1v) is 7.94. The van der Waals surface area contributed by atoms with Crippen LogP contribution in [0.15, 0.2) is 26.8 Å². The Balaban J connectivity index is 1.83. The summed E-state index contributed by atoms with van der Waals surface area (Å²) in [7, 11) is 0. The molecule has 1 atom stereocenters. The molecule has 2 aromatic rings. The predicted molar refractivity (Wildman–Crippen MR) is 79.1 cm³/mol. The summed E-state index contributed by atoms with van der Waals surface area (Å²) in [5.41, 5.74) is 0. The molecule has 0 bridgehead atoms. The summed E-state index contributed by atoms with van der Waals surface area (Å²) in [6.07, 6.45) is 3.19. The van der Waals surface area contributed by atoms with Gasteiger partial charge in [0.1, 0.15) is 6.54 Å². The van der Waals surface area contributed by atoms with Gasteiger partial charge in [-0.3, -0.25) is 9.32 Å². The summed E-state index contributed by atoms with van der Waals surface area (Å²) < 4.78 is 6.04.